The Kier molecular flexibility index (Phi) is 6.46. The summed E-state index contributed by atoms with van der Waals surface area (Å²) in [6.07, 6.45) is 3.81. The molecule has 1 aromatic carbocycles. The monoisotopic (exact) mass is 418 g/mol. The molecule has 0 aromatic heterocycles. The van der Waals surface area contributed by atoms with Gasteiger partial charge in [0.2, 0.25) is 5.91 Å². The van der Waals surface area contributed by atoms with E-state index in [2.05, 4.69) is 10.6 Å². The van der Waals surface area contributed by atoms with E-state index < -0.39 is 5.54 Å². The normalized spacial score (nSPS) is 17.5. The third-order valence-corrected chi connectivity index (χ3v) is 6.33. The number of amides is 5. The standard InChI is InChI=1S/C20H26N4O4S/c1-23(2)19(28)29-15-9-4-3-8-14(15)21-16(25)10-7-13-24-17(26)20(22-18(24)27)11-5-6-12-20/h3-4,8-9H,5-7,10-13H2,1-2H3,(H,21,25)(H,22,27). The third kappa shape index (κ3) is 4.72. The first-order valence-electron chi connectivity index (χ1n) is 9.74. The van der Waals surface area contributed by atoms with E-state index in [9.17, 15) is 19.2 Å². The molecule has 9 heteroatoms. The van der Waals surface area contributed by atoms with Crippen LogP contribution in [0.2, 0.25) is 0 Å². The molecule has 2 N–H and O–H groups in total. The highest BCUT2D eigenvalue weighted by molar-refractivity contribution is 8.13. The number of carbonyl (C=O) groups excluding carboxylic acids is 4. The fourth-order valence-electron chi connectivity index (χ4n) is 3.65. The number of hydrogen-bond acceptors (Lipinski definition) is 5. The summed E-state index contributed by atoms with van der Waals surface area (Å²) in [4.78, 5) is 52.4. The second kappa shape index (κ2) is 8.86. The van der Waals surface area contributed by atoms with Crippen molar-refractivity contribution in [2.75, 3.05) is 26.0 Å². The summed E-state index contributed by atoms with van der Waals surface area (Å²) < 4.78 is 0. The number of carbonyl (C=O) groups is 4. The first-order valence-corrected chi connectivity index (χ1v) is 10.6. The van der Waals surface area contributed by atoms with E-state index in [1.54, 1.807) is 38.4 Å². The minimum atomic E-state index is -0.714. The van der Waals surface area contributed by atoms with Gasteiger partial charge in [-0.3, -0.25) is 19.3 Å². The average molecular weight is 419 g/mol. The van der Waals surface area contributed by atoms with E-state index in [0.29, 0.717) is 29.8 Å². The van der Waals surface area contributed by atoms with Crippen LogP contribution in [0.1, 0.15) is 38.5 Å². The molecule has 1 saturated heterocycles. The summed E-state index contributed by atoms with van der Waals surface area (Å²) in [5.74, 6) is -0.387. The summed E-state index contributed by atoms with van der Waals surface area (Å²) in [6.45, 7) is 0.218. The van der Waals surface area contributed by atoms with Crippen molar-refractivity contribution in [2.45, 2.75) is 49.0 Å². The highest BCUT2D eigenvalue weighted by Crippen LogP contribution is 2.35. The first kappa shape index (κ1) is 21.2. The van der Waals surface area contributed by atoms with Crippen LogP contribution in [0.25, 0.3) is 0 Å². The second-order valence-corrected chi connectivity index (χ2v) is 8.58. The summed E-state index contributed by atoms with van der Waals surface area (Å²) >= 11 is 1.04. The highest BCUT2D eigenvalue weighted by Gasteiger charge is 2.52. The molecular weight excluding hydrogens is 392 g/mol. The summed E-state index contributed by atoms with van der Waals surface area (Å²) in [5.41, 5.74) is -0.147. The van der Waals surface area contributed by atoms with E-state index in [1.807, 2.05) is 0 Å². The molecule has 1 saturated carbocycles. The zero-order chi connectivity index (χ0) is 21.0. The molecule has 0 radical (unpaired) electrons. The number of imide groups is 1. The molecule has 1 heterocycles. The van der Waals surface area contributed by atoms with Crippen LogP contribution in [0.4, 0.5) is 15.3 Å². The molecule has 1 aliphatic heterocycles. The van der Waals surface area contributed by atoms with Crippen LogP contribution in [-0.2, 0) is 9.59 Å². The largest absolute Gasteiger partial charge is 0.339 e. The fraction of sp³-hybridized carbons (Fsp3) is 0.500. The van der Waals surface area contributed by atoms with Crippen molar-refractivity contribution in [3.05, 3.63) is 24.3 Å². The number of nitrogens with one attached hydrogen (secondary N) is 2. The average Bonchev–Trinajstić information content (AvgIpc) is 3.23. The van der Waals surface area contributed by atoms with Gasteiger partial charge in [-0.15, -0.1) is 0 Å². The molecule has 29 heavy (non-hydrogen) atoms. The quantitative estimate of drug-likeness (QED) is 0.546. The zero-order valence-corrected chi connectivity index (χ0v) is 17.5. The Hall–Kier alpha value is -2.55. The number of rotatable bonds is 6. The van der Waals surface area contributed by atoms with Crippen molar-refractivity contribution in [3.8, 4) is 0 Å². The summed E-state index contributed by atoms with van der Waals surface area (Å²) in [5, 5.41) is 5.52. The van der Waals surface area contributed by atoms with Gasteiger partial charge in [0.05, 0.1) is 5.69 Å². The maximum atomic E-state index is 12.6. The highest BCUT2D eigenvalue weighted by atomic mass is 32.2. The lowest BCUT2D eigenvalue weighted by atomic mass is 9.98. The van der Waals surface area contributed by atoms with Gasteiger partial charge in [-0.1, -0.05) is 25.0 Å². The Balaban J connectivity index is 1.52. The molecule has 1 spiro atoms. The molecular formula is C20H26N4O4S. The first-order chi connectivity index (χ1) is 13.8. The van der Waals surface area contributed by atoms with Crippen LogP contribution in [0.5, 0.6) is 0 Å². The molecule has 1 aromatic rings. The number of thioether (sulfide) groups is 1. The van der Waals surface area contributed by atoms with Gasteiger partial charge in [-0.25, -0.2) is 4.79 Å². The van der Waals surface area contributed by atoms with Gasteiger partial charge in [0.25, 0.3) is 11.1 Å². The maximum Gasteiger partial charge on any atom is 0.325 e. The SMILES string of the molecule is CN(C)C(=O)Sc1ccccc1NC(=O)CCCN1C(=O)NC2(CCCC2)C1=O. The molecule has 3 rings (SSSR count). The van der Waals surface area contributed by atoms with Gasteiger partial charge in [0, 0.05) is 32.0 Å². The molecule has 156 valence electrons. The number of nitrogens with zero attached hydrogens (tertiary/aromatic N) is 2. The molecule has 1 aliphatic carbocycles. The molecule has 0 unspecified atom stereocenters. The van der Waals surface area contributed by atoms with Gasteiger partial charge in [-0.2, -0.15) is 0 Å². The van der Waals surface area contributed by atoms with Crippen LogP contribution in [-0.4, -0.2) is 59.1 Å². The lowest BCUT2D eigenvalue weighted by Gasteiger charge is -2.20. The Morgan fingerprint density at radius 3 is 2.59 bits per heavy atom. The van der Waals surface area contributed by atoms with E-state index in [1.165, 1.54) is 9.80 Å². The van der Waals surface area contributed by atoms with E-state index in [-0.39, 0.29) is 36.1 Å². The maximum absolute atomic E-state index is 12.6. The molecule has 2 aliphatic rings. The van der Waals surface area contributed by atoms with Crippen molar-refractivity contribution in [1.82, 2.24) is 15.1 Å². The van der Waals surface area contributed by atoms with Crippen LogP contribution in [0.15, 0.2) is 29.2 Å². The molecule has 8 nitrogen and oxygen atoms in total. The summed E-state index contributed by atoms with van der Waals surface area (Å²) in [7, 11) is 3.34. The van der Waals surface area contributed by atoms with Gasteiger partial charge in [-0.05, 0) is 43.2 Å². The Morgan fingerprint density at radius 2 is 1.90 bits per heavy atom. The Bertz CT molecular complexity index is 820. The topological polar surface area (TPSA) is 98.8 Å². The van der Waals surface area contributed by atoms with Gasteiger partial charge in [0.1, 0.15) is 5.54 Å². The van der Waals surface area contributed by atoms with Gasteiger partial charge < -0.3 is 15.5 Å². The molecule has 0 bridgehead atoms. The minimum Gasteiger partial charge on any atom is -0.339 e. The number of benzene rings is 1. The van der Waals surface area contributed by atoms with E-state index in [0.717, 1.165) is 24.6 Å². The van der Waals surface area contributed by atoms with Crippen LogP contribution < -0.4 is 10.6 Å². The zero-order valence-electron chi connectivity index (χ0n) is 16.7. The van der Waals surface area contributed by atoms with Crippen LogP contribution in [0.3, 0.4) is 0 Å². The van der Waals surface area contributed by atoms with E-state index in [4.69, 9.17) is 0 Å². The molecule has 2 fully saturated rings. The lowest BCUT2D eigenvalue weighted by molar-refractivity contribution is -0.131. The summed E-state index contributed by atoms with van der Waals surface area (Å²) in [6, 6.07) is 6.74. The number of hydrogen-bond donors (Lipinski definition) is 2. The number of urea groups is 1. The van der Waals surface area contributed by atoms with Crippen molar-refractivity contribution < 1.29 is 19.2 Å². The predicted molar refractivity (Wildman–Crippen MR) is 111 cm³/mol. The number of para-hydroxylation sites is 1. The van der Waals surface area contributed by atoms with E-state index >= 15 is 0 Å². The second-order valence-electron chi connectivity index (χ2n) is 7.59. The molecule has 0 atom stereocenters. The Labute approximate surface area is 174 Å². The Morgan fingerprint density at radius 1 is 1.21 bits per heavy atom. The van der Waals surface area contributed by atoms with Crippen LogP contribution >= 0.6 is 11.8 Å². The van der Waals surface area contributed by atoms with Crippen molar-refractivity contribution >= 4 is 40.5 Å². The van der Waals surface area contributed by atoms with Crippen LogP contribution in [0, 0.1) is 0 Å². The molecule has 5 amide bonds. The fourth-order valence-corrected chi connectivity index (χ4v) is 4.40. The predicted octanol–water partition coefficient (Wildman–Crippen LogP) is 3.04. The number of anilines is 1. The van der Waals surface area contributed by atoms with Crippen molar-refractivity contribution in [3.63, 3.8) is 0 Å². The minimum absolute atomic E-state index is 0.133. The van der Waals surface area contributed by atoms with Crippen molar-refractivity contribution in [1.29, 1.82) is 0 Å². The van der Waals surface area contributed by atoms with Gasteiger partial charge >= 0.3 is 6.03 Å². The lowest BCUT2D eigenvalue weighted by Crippen LogP contribution is -2.44. The third-order valence-electron chi connectivity index (χ3n) is 5.21. The smallest absolute Gasteiger partial charge is 0.325 e. The van der Waals surface area contributed by atoms with Crippen molar-refractivity contribution in [2.24, 2.45) is 0 Å². The van der Waals surface area contributed by atoms with Gasteiger partial charge in [0.15, 0.2) is 0 Å².